The van der Waals surface area contributed by atoms with Gasteiger partial charge in [-0.05, 0) is 6.92 Å². The van der Waals surface area contributed by atoms with Crippen LogP contribution in [0.3, 0.4) is 0 Å². The molecule has 0 amide bonds. The molecule has 3 heteroatoms. The van der Waals surface area contributed by atoms with Crippen molar-refractivity contribution in [2.45, 2.75) is 6.92 Å². The monoisotopic (exact) mass is 125 g/mol. The predicted octanol–water partition coefficient (Wildman–Crippen LogP) is -0.456. The Kier molecular flexibility index (Phi) is 4.33. The molecule has 0 atom stereocenters. The van der Waals surface area contributed by atoms with Crippen LogP contribution in [0.25, 0.3) is 0 Å². The van der Waals surface area contributed by atoms with E-state index < -0.39 is 0 Å². The second kappa shape index (κ2) is 4.98. The molecular weight excluding hydrogens is 114 g/mol. The first-order valence-corrected chi connectivity index (χ1v) is 2.67. The second-order valence-electron chi connectivity index (χ2n) is 1.39. The zero-order chi connectivity index (χ0) is 7.11. The number of rotatable bonds is 1. The minimum Gasteiger partial charge on any atom is -0.370 e. The standard InChI is InChI=1S/C6H11N3/c1-3-4-5-9-6(7)8-2/h5H2,1-2H3,(H3,7,8,9). The quantitative estimate of drug-likeness (QED) is 0.283. The Labute approximate surface area is 55.3 Å². The van der Waals surface area contributed by atoms with Crippen LogP contribution in [-0.2, 0) is 0 Å². The second-order valence-corrected chi connectivity index (χ2v) is 1.39. The molecule has 3 nitrogen and oxygen atoms in total. The third-order valence-corrected chi connectivity index (χ3v) is 0.776. The summed E-state index contributed by atoms with van der Waals surface area (Å²) in [4.78, 5) is 3.68. The van der Waals surface area contributed by atoms with Gasteiger partial charge in [0.15, 0.2) is 5.96 Å². The summed E-state index contributed by atoms with van der Waals surface area (Å²) in [7, 11) is 1.63. The van der Waals surface area contributed by atoms with Crippen LogP contribution in [-0.4, -0.2) is 19.6 Å². The molecule has 0 radical (unpaired) electrons. The van der Waals surface area contributed by atoms with E-state index >= 15 is 0 Å². The molecular formula is C6H11N3. The Balaban J connectivity index is 3.36. The van der Waals surface area contributed by atoms with E-state index in [4.69, 9.17) is 5.73 Å². The molecule has 0 aliphatic rings. The molecule has 3 N–H and O–H groups in total. The Hall–Kier alpha value is -1.17. The van der Waals surface area contributed by atoms with Crippen molar-refractivity contribution in [3.05, 3.63) is 0 Å². The lowest BCUT2D eigenvalue weighted by atomic mass is 10.6. The molecule has 0 bridgehead atoms. The van der Waals surface area contributed by atoms with Gasteiger partial charge >= 0.3 is 0 Å². The number of hydrogen-bond donors (Lipinski definition) is 2. The molecule has 0 saturated heterocycles. The molecule has 0 aromatic carbocycles. The van der Waals surface area contributed by atoms with Gasteiger partial charge in [-0.1, -0.05) is 5.92 Å². The maximum Gasteiger partial charge on any atom is 0.189 e. The third-order valence-electron chi connectivity index (χ3n) is 0.776. The van der Waals surface area contributed by atoms with Crippen molar-refractivity contribution in [1.82, 2.24) is 5.32 Å². The molecule has 0 aromatic heterocycles. The SMILES string of the molecule is CC#CCN/C(N)=N/C. The number of nitrogens with two attached hydrogens (primary N) is 1. The molecule has 9 heavy (non-hydrogen) atoms. The molecule has 50 valence electrons. The van der Waals surface area contributed by atoms with Gasteiger partial charge in [0.25, 0.3) is 0 Å². The zero-order valence-corrected chi connectivity index (χ0v) is 5.73. The van der Waals surface area contributed by atoms with Crippen molar-refractivity contribution in [3.8, 4) is 11.8 Å². The summed E-state index contributed by atoms with van der Waals surface area (Å²) < 4.78 is 0. The van der Waals surface area contributed by atoms with Gasteiger partial charge < -0.3 is 11.1 Å². The van der Waals surface area contributed by atoms with E-state index in [1.165, 1.54) is 0 Å². The number of nitrogens with zero attached hydrogens (tertiary/aromatic N) is 1. The Morgan fingerprint density at radius 1 is 1.78 bits per heavy atom. The van der Waals surface area contributed by atoms with E-state index in [1.807, 2.05) is 0 Å². The van der Waals surface area contributed by atoms with Gasteiger partial charge in [-0.3, -0.25) is 4.99 Å². The highest BCUT2D eigenvalue weighted by Gasteiger charge is 1.80. The van der Waals surface area contributed by atoms with E-state index in [-0.39, 0.29) is 0 Å². The van der Waals surface area contributed by atoms with Crippen LogP contribution in [0, 0.1) is 11.8 Å². The number of nitrogens with one attached hydrogen (secondary N) is 1. The maximum atomic E-state index is 5.28. The van der Waals surface area contributed by atoms with E-state index in [2.05, 4.69) is 22.2 Å². The first-order valence-electron chi connectivity index (χ1n) is 2.67. The Morgan fingerprint density at radius 3 is 2.89 bits per heavy atom. The molecule has 0 aromatic rings. The van der Waals surface area contributed by atoms with Gasteiger partial charge in [0.1, 0.15) is 0 Å². The highest BCUT2D eigenvalue weighted by molar-refractivity contribution is 5.77. The number of hydrogen-bond acceptors (Lipinski definition) is 1. The fourth-order valence-electron chi connectivity index (χ4n) is 0.302. The van der Waals surface area contributed by atoms with Gasteiger partial charge in [0, 0.05) is 7.05 Å². The zero-order valence-electron chi connectivity index (χ0n) is 5.73. The lowest BCUT2D eigenvalue weighted by Crippen LogP contribution is -2.31. The van der Waals surface area contributed by atoms with E-state index in [9.17, 15) is 0 Å². The maximum absolute atomic E-state index is 5.28. The molecule has 0 aliphatic carbocycles. The van der Waals surface area contributed by atoms with E-state index in [1.54, 1.807) is 14.0 Å². The lowest BCUT2D eigenvalue weighted by molar-refractivity contribution is 1.04. The summed E-state index contributed by atoms with van der Waals surface area (Å²) in [6.07, 6.45) is 0. The fourth-order valence-corrected chi connectivity index (χ4v) is 0.302. The summed E-state index contributed by atoms with van der Waals surface area (Å²) in [6.45, 7) is 2.35. The van der Waals surface area contributed by atoms with Gasteiger partial charge in [-0.2, -0.15) is 0 Å². The van der Waals surface area contributed by atoms with Crippen molar-refractivity contribution in [2.24, 2.45) is 10.7 Å². The van der Waals surface area contributed by atoms with Crippen LogP contribution in [0.15, 0.2) is 4.99 Å². The molecule has 0 spiro atoms. The van der Waals surface area contributed by atoms with Gasteiger partial charge in [0.2, 0.25) is 0 Å². The fraction of sp³-hybridized carbons (Fsp3) is 0.500. The molecule has 0 fully saturated rings. The minimum atomic E-state index is 0.428. The van der Waals surface area contributed by atoms with Gasteiger partial charge in [-0.25, -0.2) is 0 Å². The lowest BCUT2D eigenvalue weighted by Gasteiger charge is -1.96. The average molecular weight is 125 g/mol. The number of aliphatic imine (C=N–C) groups is 1. The largest absolute Gasteiger partial charge is 0.370 e. The van der Waals surface area contributed by atoms with Crippen molar-refractivity contribution >= 4 is 5.96 Å². The smallest absolute Gasteiger partial charge is 0.189 e. The van der Waals surface area contributed by atoms with E-state index in [0.29, 0.717) is 12.5 Å². The Bertz CT molecular complexity index is 149. The Morgan fingerprint density at radius 2 is 2.44 bits per heavy atom. The van der Waals surface area contributed by atoms with Crippen molar-refractivity contribution in [3.63, 3.8) is 0 Å². The van der Waals surface area contributed by atoms with Gasteiger partial charge in [0.05, 0.1) is 6.54 Å². The van der Waals surface area contributed by atoms with Crippen LogP contribution in [0.1, 0.15) is 6.92 Å². The number of guanidine groups is 1. The predicted molar refractivity (Wildman–Crippen MR) is 39.0 cm³/mol. The van der Waals surface area contributed by atoms with Crippen molar-refractivity contribution in [1.29, 1.82) is 0 Å². The first-order chi connectivity index (χ1) is 4.31. The van der Waals surface area contributed by atoms with Crippen LogP contribution >= 0.6 is 0 Å². The van der Waals surface area contributed by atoms with Crippen LogP contribution in [0.5, 0.6) is 0 Å². The summed E-state index contributed by atoms with van der Waals surface area (Å²) >= 11 is 0. The van der Waals surface area contributed by atoms with Crippen molar-refractivity contribution in [2.75, 3.05) is 13.6 Å². The van der Waals surface area contributed by atoms with Crippen LogP contribution < -0.4 is 11.1 Å². The van der Waals surface area contributed by atoms with Crippen LogP contribution in [0.2, 0.25) is 0 Å². The summed E-state index contributed by atoms with van der Waals surface area (Å²) in [6, 6.07) is 0. The highest BCUT2D eigenvalue weighted by Crippen LogP contribution is 1.57. The molecule has 0 unspecified atom stereocenters. The van der Waals surface area contributed by atoms with E-state index in [0.717, 1.165) is 0 Å². The molecule has 0 saturated carbocycles. The van der Waals surface area contributed by atoms with Crippen LogP contribution in [0.4, 0.5) is 0 Å². The summed E-state index contributed by atoms with van der Waals surface area (Å²) in [5.74, 6) is 5.94. The normalized spacial score (nSPS) is 9.78. The summed E-state index contributed by atoms with van der Waals surface area (Å²) in [5, 5.41) is 2.79. The van der Waals surface area contributed by atoms with Gasteiger partial charge in [-0.15, -0.1) is 5.92 Å². The minimum absolute atomic E-state index is 0.428. The molecule has 0 rings (SSSR count). The highest BCUT2D eigenvalue weighted by atomic mass is 15.1. The molecule has 0 aliphatic heterocycles. The van der Waals surface area contributed by atoms with Crippen molar-refractivity contribution < 1.29 is 0 Å². The third kappa shape index (κ3) is 4.69. The molecule has 0 heterocycles. The average Bonchev–Trinajstić information content (AvgIpc) is 1.89. The first kappa shape index (κ1) is 7.83. The topological polar surface area (TPSA) is 50.4 Å². The summed E-state index contributed by atoms with van der Waals surface area (Å²) in [5.41, 5.74) is 5.28.